The highest BCUT2D eigenvalue weighted by atomic mass is 16.5. The summed E-state index contributed by atoms with van der Waals surface area (Å²) in [5.74, 6) is 2.31. The molecule has 4 aromatic rings. The van der Waals surface area contributed by atoms with Gasteiger partial charge in [0.2, 0.25) is 5.91 Å². The lowest BCUT2D eigenvalue weighted by molar-refractivity contribution is -0.122. The maximum Gasteiger partial charge on any atom is 0.251 e. The Morgan fingerprint density at radius 3 is 1.93 bits per heavy atom. The highest BCUT2D eigenvalue weighted by Crippen LogP contribution is 2.24. The number of anilines is 1. The summed E-state index contributed by atoms with van der Waals surface area (Å²) in [6.45, 7) is 2.83. The quantitative estimate of drug-likeness (QED) is 0.193. The maximum atomic E-state index is 13.2. The van der Waals surface area contributed by atoms with Gasteiger partial charge in [-0.2, -0.15) is 0 Å². The third-order valence-corrected chi connectivity index (χ3v) is 6.40. The first kappa shape index (κ1) is 29.0. The minimum absolute atomic E-state index is 0.263. The van der Waals surface area contributed by atoms with Gasteiger partial charge in [0.15, 0.2) is 0 Å². The Hall–Kier alpha value is -4.98. The van der Waals surface area contributed by atoms with Crippen molar-refractivity contribution < 1.29 is 23.8 Å². The minimum Gasteiger partial charge on any atom is -0.497 e. The van der Waals surface area contributed by atoms with Crippen molar-refractivity contribution in [1.82, 2.24) is 10.6 Å². The third kappa shape index (κ3) is 8.76. The minimum atomic E-state index is -0.766. The van der Waals surface area contributed by atoms with E-state index < -0.39 is 6.04 Å². The molecule has 0 saturated carbocycles. The summed E-state index contributed by atoms with van der Waals surface area (Å²) in [6, 6.07) is 28.9. The summed E-state index contributed by atoms with van der Waals surface area (Å²) in [5, 5.41) is 9.13. The van der Waals surface area contributed by atoms with Gasteiger partial charge in [0.1, 0.15) is 29.0 Å². The van der Waals surface area contributed by atoms with E-state index in [1.165, 1.54) is 0 Å². The van der Waals surface area contributed by atoms with Gasteiger partial charge in [-0.1, -0.05) is 29.8 Å². The van der Waals surface area contributed by atoms with Crippen LogP contribution in [0.25, 0.3) is 0 Å². The summed E-state index contributed by atoms with van der Waals surface area (Å²) < 4.78 is 16.3. The van der Waals surface area contributed by atoms with Crippen molar-refractivity contribution in [2.24, 2.45) is 0 Å². The Morgan fingerprint density at radius 1 is 0.732 bits per heavy atom. The first-order chi connectivity index (χ1) is 19.9. The molecule has 0 fully saturated rings. The van der Waals surface area contributed by atoms with E-state index in [9.17, 15) is 9.59 Å². The summed E-state index contributed by atoms with van der Waals surface area (Å²) >= 11 is 0. The van der Waals surface area contributed by atoms with Crippen molar-refractivity contribution in [1.29, 1.82) is 0 Å². The molecule has 8 nitrogen and oxygen atoms in total. The molecule has 3 N–H and O–H groups in total. The van der Waals surface area contributed by atoms with Crippen LogP contribution in [0.15, 0.2) is 97.1 Å². The number of hydrogen-bond donors (Lipinski definition) is 3. The number of rotatable bonds is 13. The third-order valence-electron chi connectivity index (χ3n) is 6.40. The van der Waals surface area contributed by atoms with Gasteiger partial charge in [-0.3, -0.25) is 9.59 Å². The average Bonchev–Trinajstić information content (AvgIpc) is 3.00. The smallest absolute Gasteiger partial charge is 0.251 e. The number of carbonyl (C=O) groups is 2. The number of ether oxygens (including phenoxy) is 3. The molecule has 1 unspecified atom stereocenters. The molecule has 4 rings (SSSR count). The predicted octanol–water partition coefficient (Wildman–Crippen LogP) is 5.37. The molecule has 0 aliphatic heterocycles. The molecule has 0 radical (unpaired) electrons. The van der Waals surface area contributed by atoms with Crippen LogP contribution in [0, 0.1) is 6.92 Å². The molecule has 8 heteroatoms. The molecular formula is C33H35N3O5. The van der Waals surface area contributed by atoms with Crippen LogP contribution in [-0.4, -0.2) is 45.2 Å². The normalized spacial score (nSPS) is 11.2. The van der Waals surface area contributed by atoms with Crippen LogP contribution in [0.2, 0.25) is 0 Å². The second-order valence-electron chi connectivity index (χ2n) is 9.47. The fourth-order valence-electron chi connectivity index (χ4n) is 4.17. The highest BCUT2D eigenvalue weighted by molar-refractivity contribution is 5.97. The van der Waals surface area contributed by atoms with Crippen LogP contribution < -0.4 is 30.2 Å². The largest absolute Gasteiger partial charge is 0.497 e. The van der Waals surface area contributed by atoms with E-state index in [0.29, 0.717) is 36.6 Å². The van der Waals surface area contributed by atoms with Gasteiger partial charge in [0.25, 0.3) is 5.91 Å². The maximum absolute atomic E-state index is 13.2. The van der Waals surface area contributed by atoms with Crippen LogP contribution in [0.3, 0.4) is 0 Å². The van der Waals surface area contributed by atoms with E-state index >= 15 is 0 Å². The molecule has 1 atom stereocenters. The number of hydrogen-bond acceptors (Lipinski definition) is 6. The molecular weight excluding hydrogens is 518 g/mol. The summed E-state index contributed by atoms with van der Waals surface area (Å²) in [5.41, 5.74) is 3.28. The van der Waals surface area contributed by atoms with Crippen molar-refractivity contribution in [2.45, 2.75) is 19.4 Å². The Balaban J connectivity index is 1.38. The second kappa shape index (κ2) is 14.4. The van der Waals surface area contributed by atoms with Gasteiger partial charge >= 0.3 is 0 Å². The molecule has 0 bridgehead atoms. The SMILES string of the molecule is COc1ccc(NCCNC(=O)C(Cc2ccc(Oc3ccc(OC)cc3)cc2)NC(=O)c2cccc(C)c2)cc1. The zero-order chi connectivity index (χ0) is 29.0. The monoisotopic (exact) mass is 553 g/mol. The standard InChI is InChI=1S/C33H35N3O5/c1-23-5-4-6-25(21-23)32(37)36-31(33(38)35-20-19-34-26-9-13-27(39-2)14-10-26)22-24-7-11-29(12-8-24)41-30-17-15-28(40-3)16-18-30/h4-18,21,31,34H,19-20,22H2,1-3H3,(H,35,38)(H,36,37). The van der Waals surface area contributed by atoms with Gasteiger partial charge < -0.3 is 30.2 Å². The molecule has 0 heterocycles. The molecule has 4 aromatic carbocycles. The van der Waals surface area contributed by atoms with Crippen molar-refractivity contribution in [3.63, 3.8) is 0 Å². The molecule has 0 aliphatic carbocycles. The molecule has 212 valence electrons. The topological polar surface area (TPSA) is 97.9 Å². The Morgan fingerprint density at radius 2 is 1.32 bits per heavy atom. The number of benzene rings is 4. The van der Waals surface area contributed by atoms with E-state index in [1.807, 2.05) is 91.9 Å². The first-order valence-electron chi connectivity index (χ1n) is 13.4. The molecule has 0 saturated heterocycles. The van der Waals surface area contributed by atoms with E-state index in [-0.39, 0.29) is 11.8 Å². The van der Waals surface area contributed by atoms with Crippen LogP contribution >= 0.6 is 0 Å². The van der Waals surface area contributed by atoms with Crippen LogP contribution in [-0.2, 0) is 11.2 Å². The van der Waals surface area contributed by atoms with Crippen LogP contribution in [0.4, 0.5) is 5.69 Å². The second-order valence-corrected chi connectivity index (χ2v) is 9.47. The number of nitrogens with one attached hydrogen (secondary N) is 3. The van der Waals surface area contributed by atoms with Crippen molar-refractivity contribution >= 4 is 17.5 Å². The Bertz CT molecular complexity index is 1420. The lowest BCUT2D eigenvalue weighted by atomic mass is 10.0. The first-order valence-corrected chi connectivity index (χ1v) is 13.4. The van der Waals surface area contributed by atoms with E-state index in [0.717, 1.165) is 28.3 Å². The van der Waals surface area contributed by atoms with Gasteiger partial charge in [-0.05, 0) is 85.3 Å². The fourth-order valence-corrected chi connectivity index (χ4v) is 4.17. The van der Waals surface area contributed by atoms with E-state index in [4.69, 9.17) is 14.2 Å². The van der Waals surface area contributed by atoms with Crippen molar-refractivity contribution in [3.05, 3.63) is 114 Å². The van der Waals surface area contributed by atoms with Gasteiger partial charge in [-0.25, -0.2) is 0 Å². The zero-order valence-electron chi connectivity index (χ0n) is 23.5. The molecule has 0 aliphatic rings. The summed E-state index contributed by atoms with van der Waals surface area (Å²) in [4.78, 5) is 26.3. The molecule has 0 aromatic heterocycles. The van der Waals surface area contributed by atoms with E-state index in [2.05, 4.69) is 16.0 Å². The molecule has 41 heavy (non-hydrogen) atoms. The Labute approximate surface area is 240 Å². The van der Waals surface area contributed by atoms with Crippen LogP contribution in [0.1, 0.15) is 21.5 Å². The number of amides is 2. The number of methoxy groups -OCH3 is 2. The van der Waals surface area contributed by atoms with Crippen molar-refractivity contribution in [3.8, 4) is 23.0 Å². The zero-order valence-corrected chi connectivity index (χ0v) is 23.5. The van der Waals surface area contributed by atoms with Crippen molar-refractivity contribution in [2.75, 3.05) is 32.6 Å². The average molecular weight is 554 g/mol. The lowest BCUT2D eigenvalue weighted by Gasteiger charge is -2.19. The predicted molar refractivity (Wildman–Crippen MR) is 160 cm³/mol. The molecule has 2 amide bonds. The fraction of sp³-hybridized carbons (Fsp3) is 0.212. The highest BCUT2D eigenvalue weighted by Gasteiger charge is 2.22. The van der Waals surface area contributed by atoms with Gasteiger partial charge in [-0.15, -0.1) is 0 Å². The lowest BCUT2D eigenvalue weighted by Crippen LogP contribution is -2.48. The van der Waals surface area contributed by atoms with Crippen LogP contribution in [0.5, 0.6) is 23.0 Å². The summed E-state index contributed by atoms with van der Waals surface area (Å²) in [7, 11) is 3.24. The number of carbonyl (C=O) groups excluding carboxylic acids is 2. The summed E-state index contributed by atoms with van der Waals surface area (Å²) in [6.07, 6.45) is 0.318. The molecule has 0 spiro atoms. The van der Waals surface area contributed by atoms with Gasteiger partial charge in [0, 0.05) is 30.8 Å². The van der Waals surface area contributed by atoms with E-state index in [1.54, 1.807) is 26.4 Å². The van der Waals surface area contributed by atoms with Gasteiger partial charge in [0.05, 0.1) is 14.2 Å². The number of aryl methyl sites for hydroxylation is 1. The Kier molecular flexibility index (Phi) is 10.2.